The Morgan fingerprint density at radius 3 is 2.35 bits per heavy atom. The molecule has 0 heterocycles. The topological polar surface area (TPSA) is 43.1 Å². The number of carbonyl (C=O) groups excluding carboxylic acids is 1. The summed E-state index contributed by atoms with van der Waals surface area (Å²) < 4.78 is 0. The minimum atomic E-state index is -0.192. The van der Waals surface area contributed by atoms with Crippen LogP contribution in [-0.2, 0) is 4.79 Å². The molecule has 0 fully saturated rings. The molecule has 0 bridgehead atoms. The summed E-state index contributed by atoms with van der Waals surface area (Å²) in [6, 6.07) is 9.66. The average Bonchev–Trinajstić information content (AvgIpc) is 2.37. The van der Waals surface area contributed by atoms with E-state index in [0.29, 0.717) is 0 Å². The Balaban J connectivity index is 2.70. The van der Waals surface area contributed by atoms with Crippen LogP contribution in [-0.4, -0.2) is 5.78 Å². The first-order valence-corrected chi connectivity index (χ1v) is 6.42. The van der Waals surface area contributed by atoms with Gasteiger partial charge in [0.15, 0.2) is 0 Å². The average molecular weight is 233 g/mol. The van der Waals surface area contributed by atoms with E-state index < -0.39 is 0 Å². The molecular formula is C15H23NO. The van der Waals surface area contributed by atoms with Gasteiger partial charge in [0.05, 0.1) is 0 Å². The summed E-state index contributed by atoms with van der Waals surface area (Å²) >= 11 is 0. The fourth-order valence-corrected chi connectivity index (χ4v) is 2.16. The smallest absolute Gasteiger partial charge is 0.140 e. The molecule has 17 heavy (non-hydrogen) atoms. The summed E-state index contributed by atoms with van der Waals surface area (Å²) in [5.41, 5.74) is 7.19. The third-order valence-electron chi connectivity index (χ3n) is 3.38. The van der Waals surface area contributed by atoms with Gasteiger partial charge in [-0.1, -0.05) is 57.5 Å². The van der Waals surface area contributed by atoms with Gasteiger partial charge < -0.3 is 5.73 Å². The number of carbonyl (C=O) groups is 1. The molecule has 2 heteroatoms. The van der Waals surface area contributed by atoms with Crippen LogP contribution in [0.15, 0.2) is 30.3 Å². The highest BCUT2D eigenvalue weighted by Crippen LogP contribution is 2.23. The lowest BCUT2D eigenvalue weighted by molar-refractivity contribution is -0.126. The SMILES string of the molecule is CCCC(C)C(=O)C(C)C(N)c1ccccc1. The van der Waals surface area contributed by atoms with E-state index in [-0.39, 0.29) is 23.7 Å². The fourth-order valence-electron chi connectivity index (χ4n) is 2.16. The Morgan fingerprint density at radius 2 is 1.82 bits per heavy atom. The molecule has 3 atom stereocenters. The molecule has 0 amide bonds. The maximum atomic E-state index is 12.2. The zero-order valence-electron chi connectivity index (χ0n) is 11.0. The predicted molar refractivity (Wildman–Crippen MR) is 71.6 cm³/mol. The zero-order chi connectivity index (χ0) is 12.8. The van der Waals surface area contributed by atoms with Gasteiger partial charge >= 0.3 is 0 Å². The largest absolute Gasteiger partial charge is 0.323 e. The van der Waals surface area contributed by atoms with E-state index in [4.69, 9.17) is 5.73 Å². The van der Waals surface area contributed by atoms with E-state index in [1.54, 1.807) is 0 Å². The summed E-state index contributed by atoms with van der Waals surface area (Å²) in [6.45, 7) is 6.04. The predicted octanol–water partition coefficient (Wildman–Crippen LogP) is 3.33. The molecule has 1 rings (SSSR count). The van der Waals surface area contributed by atoms with Gasteiger partial charge in [-0.05, 0) is 12.0 Å². The van der Waals surface area contributed by atoms with Gasteiger partial charge in [0, 0.05) is 17.9 Å². The van der Waals surface area contributed by atoms with Crippen LogP contribution < -0.4 is 5.73 Å². The van der Waals surface area contributed by atoms with Gasteiger partial charge in [-0.2, -0.15) is 0 Å². The van der Waals surface area contributed by atoms with Crippen molar-refractivity contribution in [2.45, 2.75) is 39.7 Å². The fraction of sp³-hybridized carbons (Fsp3) is 0.533. The first-order valence-electron chi connectivity index (χ1n) is 6.42. The van der Waals surface area contributed by atoms with E-state index in [1.807, 2.05) is 44.2 Å². The number of benzene rings is 1. The molecule has 0 saturated heterocycles. The van der Waals surface area contributed by atoms with Crippen molar-refractivity contribution >= 4 is 5.78 Å². The Bertz CT molecular complexity index is 347. The van der Waals surface area contributed by atoms with Crippen molar-refractivity contribution in [1.29, 1.82) is 0 Å². The van der Waals surface area contributed by atoms with E-state index in [2.05, 4.69) is 6.92 Å². The van der Waals surface area contributed by atoms with Crippen LogP contribution in [0.25, 0.3) is 0 Å². The van der Waals surface area contributed by atoms with Crippen molar-refractivity contribution in [3.63, 3.8) is 0 Å². The first-order chi connectivity index (χ1) is 8.07. The summed E-state index contributed by atoms with van der Waals surface area (Å²) in [5, 5.41) is 0. The van der Waals surface area contributed by atoms with Gasteiger partial charge in [-0.3, -0.25) is 4.79 Å². The number of ketones is 1. The van der Waals surface area contributed by atoms with Crippen molar-refractivity contribution in [3.05, 3.63) is 35.9 Å². The van der Waals surface area contributed by atoms with Crippen molar-refractivity contribution in [1.82, 2.24) is 0 Å². The number of rotatable bonds is 6. The van der Waals surface area contributed by atoms with Crippen LogP contribution in [0.4, 0.5) is 0 Å². The summed E-state index contributed by atoms with van der Waals surface area (Å²) in [4.78, 5) is 12.2. The van der Waals surface area contributed by atoms with E-state index in [1.165, 1.54) is 0 Å². The Hall–Kier alpha value is -1.15. The molecule has 1 aromatic rings. The van der Waals surface area contributed by atoms with Crippen LogP contribution in [0, 0.1) is 11.8 Å². The van der Waals surface area contributed by atoms with Crippen molar-refractivity contribution in [2.75, 3.05) is 0 Å². The molecule has 2 N–H and O–H groups in total. The zero-order valence-corrected chi connectivity index (χ0v) is 11.0. The summed E-state index contributed by atoms with van der Waals surface area (Å²) in [7, 11) is 0. The molecule has 0 aromatic heterocycles. The standard InChI is InChI=1S/C15H23NO/c1-4-8-11(2)15(17)12(3)14(16)13-9-6-5-7-10-13/h5-7,9-12,14H,4,8,16H2,1-3H3. The summed E-state index contributed by atoms with van der Waals surface area (Å²) in [5.74, 6) is 0.284. The van der Waals surface area contributed by atoms with Gasteiger partial charge in [0.25, 0.3) is 0 Å². The second kappa shape index (κ2) is 6.55. The highest BCUT2D eigenvalue weighted by Gasteiger charge is 2.25. The molecule has 3 unspecified atom stereocenters. The van der Waals surface area contributed by atoms with Crippen LogP contribution in [0.3, 0.4) is 0 Å². The number of nitrogens with two attached hydrogens (primary N) is 1. The molecule has 94 valence electrons. The Kier molecular flexibility index (Phi) is 5.36. The highest BCUT2D eigenvalue weighted by molar-refractivity contribution is 5.83. The molecule has 0 aliphatic heterocycles. The number of hydrogen-bond donors (Lipinski definition) is 1. The molecule has 0 aliphatic rings. The minimum Gasteiger partial charge on any atom is -0.323 e. The van der Waals surface area contributed by atoms with E-state index in [9.17, 15) is 4.79 Å². The quantitative estimate of drug-likeness (QED) is 0.819. The number of hydrogen-bond acceptors (Lipinski definition) is 2. The number of Topliss-reactive ketones (excluding diaryl/α,β-unsaturated/α-hetero) is 1. The van der Waals surface area contributed by atoms with Crippen LogP contribution in [0.1, 0.15) is 45.2 Å². The monoisotopic (exact) mass is 233 g/mol. The molecule has 2 nitrogen and oxygen atoms in total. The lowest BCUT2D eigenvalue weighted by atomic mass is 9.85. The van der Waals surface area contributed by atoms with Crippen LogP contribution in [0.5, 0.6) is 0 Å². The highest BCUT2D eigenvalue weighted by atomic mass is 16.1. The molecule has 1 aromatic carbocycles. The van der Waals surface area contributed by atoms with Crippen LogP contribution >= 0.6 is 0 Å². The molecule has 0 radical (unpaired) electrons. The lowest BCUT2D eigenvalue weighted by Gasteiger charge is -2.22. The summed E-state index contributed by atoms with van der Waals surface area (Å²) in [6.07, 6.45) is 1.99. The molecular weight excluding hydrogens is 210 g/mol. The van der Waals surface area contributed by atoms with E-state index >= 15 is 0 Å². The third kappa shape index (κ3) is 3.67. The molecule has 0 aliphatic carbocycles. The van der Waals surface area contributed by atoms with Gasteiger partial charge in [0.1, 0.15) is 5.78 Å². The van der Waals surface area contributed by atoms with Crippen molar-refractivity contribution in [3.8, 4) is 0 Å². The minimum absolute atomic E-state index is 0.112. The lowest BCUT2D eigenvalue weighted by Crippen LogP contribution is -2.29. The second-order valence-electron chi connectivity index (χ2n) is 4.82. The third-order valence-corrected chi connectivity index (χ3v) is 3.38. The maximum absolute atomic E-state index is 12.2. The van der Waals surface area contributed by atoms with Gasteiger partial charge in [0.2, 0.25) is 0 Å². The Labute approximate surface area is 104 Å². The maximum Gasteiger partial charge on any atom is 0.140 e. The van der Waals surface area contributed by atoms with Crippen LogP contribution in [0.2, 0.25) is 0 Å². The molecule has 0 saturated carbocycles. The Morgan fingerprint density at radius 1 is 1.24 bits per heavy atom. The second-order valence-corrected chi connectivity index (χ2v) is 4.82. The van der Waals surface area contributed by atoms with E-state index in [0.717, 1.165) is 18.4 Å². The van der Waals surface area contributed by atoms with Gasteiger partial charge in [-0.25, -0.2) is 0 Å². The molecule has 0 spiro atoms. The van der Waals surface area contributed by atoms with Crippen molar-refractivity contribution in [2.24, 2.45) is 17.6 Å². The normalized spacial score (nSPS) is 16.2. The van der Waals surface area contributed by atoms with Gasteiger partial charge in [-0.15, -0.1) is 0 Å². The van der Waals surface area contributed by atoms with Crippen molar-refractivity contribution < 1.29 is 4.79 Å². The first kappa shape index (κ1) is 13.9.